The van der Waals surface area contributed by atoms with Gasteiger partial charge >= 0.3 is 0 Å². The smallest absolute Gasteiger partial charge is 0.124 e. The summed E-state index contributed by atoms with van der Waals surface area (Å²) in [5.74, 6) is 0. The van der Waals surface area contributed by atoms with E-state index in [4.69, 9.17) is 4.98 Å². The van der Waals surface area contributed by atoms with E-state index in [1.807, 2.05) is 11.3 Å². The highest BCUT2D eigenvalue weighted by Crippen LogP contribution is 2.46. The molecule has 63 heavy (non-hydrogen) atoms. The number of thiophene rings is 1. The van der Waals surface area contributed by atoms with Crippen molar-refractivity contribution in [2.75, 3.05) is 4.90 Å². The quantitative estimate of drug-likeness (QED) is 0.152. The molecular formula is C59H38N2S2. The summed E-state index contributed by atoms with van der Waals surface area (Å²) >= 11 is 3.65. The van der Waals surface area contributed by atoms with Crippen LogP contribution in [0.15, 0.2) is 231 Å². The minimum atomic E-state index is 1.06. The largest absolute Gasteiger partial charge is 0.310 e. The van der Waals surface area contributed by atoms with Crippen LogP contribution in [0.25, 0.3) is 96.2 Å². The second-order valence-electron chi connectivity index (χ2n) is 15.9. The molecule has 0 amide bonds. The third kappa shape index (κ3) is 6.87. The number of fused-ring (bicyclic) bond motifs is 6. The third-order valence-corrected chi connectivity index (χ3v) is 14.4. The third-order valence-electron chi connectivity index (χ3n) is 12.1. The van der Waals surface area contributed by atoms with Gasteiger partial charge in [0, 0.05) is 42.7 Å². The Balaban J connectivity index is 0.952. The summed E-state index contributed by atoms with van der Waals surface area (Å²) in [7, 11) is 0. The minimum absolute atomic E-state index is 1.06. The Bertz CT molecular complexity index is 3590. The number of benzene rings is 10. The van der Waals surface area contributed by atoms with Crippen molar-refractivity contribution in [2.45, 2.75) is 0 Å². The molecule has 0 aliphatic carbocycles. The van der Waals surface area contributed by atoms with Crippen LogP contribution < -0.4 is 4.90 Å². The van der Waals surface area contributed by atoms with Crippen LogP contribution in [0.5, 0.6) is 0 Å². The molecule has 0 saturated heterocycles. The van der Waals surface area contributed by atoms with E-state index in [0.29, 0.717) is 0 Å². The van der Waals surface area contributed by atoms with Gasteiger partial charge in [0.1, 0.15) is 5.01 Å². The van der Waals surface area contributed by atoms with Crippen LogP contribution in [0, 0.1) is 0 Å². The molecule has 0 saturated carbocycles. The molecule has 12 rings (SSSR count). The minimum Gasteiger partial charge on any atom is -0.310 e. The van der Waals surface area contributed by atoms with Gasteiger partial charge in [-0.1, -0.05) is 170 Å². The van der Waals surface area contributed by atoms with Gasteiger partial charge in [0.15, 0.2) is 0 Å². The van der Waals surface area contributed by atoms with E-state index in [1.165, 1.54) is 80.2 Å². The van der Waals surface area contributed by atoms with E-state index in [2.05, 4.69) is 235 Å². The predicted octanol–water partition coefficient (Wildman–Crippen LogP) is 17.6. The summed E-state index contributed by atoms with van der Waals surface area (Å²) in [5, 5.41) is 6.15. The lowest BCUT2D eigenvalue weighted by Crippen LogP contribution is -2.11. The van der Waals surface area contributed by atoms with Crippen LogP contribution in [0.3, 0.4) is 0 Å². The average Bonchev–Trinajstić information content (AvgIpc) is 3.97. The van der Waals surface area contributed by atoms with Crippen molar-refractivity contribution in [1.82, 2.24) is 4.98 Å². The Morgan fingerprint density at radius 3 is 1.59 bits per heavy atom. The van der Waals surface area contributed by atoms with Crippen LogP contribution >= 0.6 is 22.7 Å². The predicted molar refractivity (Wildman–Crippen MR) is 272 cm³/mol. The summed E-state index contributed by atoms with van der Waals surface area (Å²) in [6.45, 7) is 0. The summed E-state index contributed by atoms with van der Waals surface area (Å²) in [5.41, 5.74) is 15.0. The van der Waals surface area contributed by atoms with Crippen molar-refractivity contribution < 1.29 is 0 Å². The molecule has 0 aliphatic rings. The summed E-state index contributed by atoms with van der Waals surface area (Å²) in [6, 6.07) is 83.6. The van der Waals surface area contributed by atoms with Crippen molar-refractivity contribution in [2.24, 2.45) is 0 Å². The standard InChI is InChI=1S/C59H38N2S2/c1-4-12-39(13-5-1)47-27-34-54(52(37-47)43-15-6-2-7-16-43)61(49-28-22-41(23-29-49)46-21-20-40-14-10-11-19-45(40)36-46)50-30-24-42(25-31-50)48-26-32-51-56(38-48)62-55-35-33-53-58(57(51)55)63-59(60-53)44-17-8-3-9-18-44/h1-38H. The summed E-state index contributed by atoms with van der Waals surface area (Å²) in [4.78, 5) is 7.45. The van der Waals surface area contributed by atoms with Crippen molar-refractivity contribution >= 4 is 80.9 Å². The van der Waals surface area contributed by atoms with Crippen molar-refractivity contribution in [3.8, 4) is 55.1 Å². The second kappa shape index (κ2) is 15.7. The lowest BCUT2D eigenvalue weighted by Gasteiger charge is -2.29. The zero-order chi connectivity index (χ0) is 41.7. The highest BCUT2D eigenvalue weighted by molar-refractivity contribution is 7.28. The highest BCUT2D eigenvalue weighted by Gasteiger charge is 2.20. The molecule has 0 N–H and O–H groups in total. The van der Waals surface area contributed by atoms with Crippen LogP contribution in [0.1, 0.15) is 0 Å². The summed E-state index contributed by atoms with van der Waals surface area (Å²) < 4.78 is 3.84. The molecule has 0 bridgehead atoms. The lowest BCUT2D eigenvalue weighted by molar-refractivity contribution is 1.28. The topological polar surface area (TPSA) is 16.1 Å². The SMILES string of the molecule is c1ccc(-c2ccc(N(c3ccc(-c4ccc5ccccc5c4)cc3)c3ccc(-c4ccc5c(c4)sc4ccc6nc(-c7ccccc7)sc6c45)cc3)c(-c3ccccc3)c2)cc1. The van der Waals surface area contributed by atoms with Crippen molar-refractivity contribution in [3.05, 3.63) is 231 Å². The van der Waals surface area contributed by atoms with Crippen LogP contribution in [0.2, 0.25) is 0 Å². The monoisotopic (exact) mass is 838 g/mol. The number of anilines is 3. The molecule has 0 radical (unpaired) electrons. The molecule has 296 valence electrons. The molecule has 2 aromatic heterocycles. The van der Waals surface area contributed by atoms with Crippen molar-refractivity contribution in [1.29, 1.82) is 0 Å². The zero-order valence-corrected chi connectivity index (χ0v) is 35.8. The van der Waals surface area contributed by atoms with Crippen molar-refractivity contribution in [3.63, 3.8) is 0 Å². The number of aromatic nitrogens is 1. The molecule has 0 aliphatic heterocycles. The van der Waals surface area contributed by atoms with Crippen LogP contribution in [0.4, 0.5) is 17.1 Å². The molecule has 10 aromatic carbocycles. The van der Waals surface area contributed by atoms with E-state index < -0.39 is 0 Å². The maximum Gasteiger partial charge on any atom is 0.124 e. The Kier molecular flexibility index (Phi) is 9.25. The van der Waals surface area contributed by atoms with Gasteiger partial charge in [-0.05, 0) is 110 Å². The number of hydrogen-bond donors (Lipinski definition) is 0. The highest BCUT2D eigenvalue weighted by atomic mass is 32.1. The van der Waals surface area contributed by atoms with Gasteiger partial charge in [-0.2, -0.15) is 0 Å². The molecule has 4 heteroatoms. The van der Waals surface area contributed by atoms with Gasteiger partial charge in [-0.15, -0.1) is 22.7 Å². The van der Waals surface area contributed by atoms with E-state index in [1.54, 1.807) is 11.3 Å². The fourth-order valence-electron chi connectivity index (χ4n) is 8.92. The van der Waals surface area contributed by atoms with Gasteiger partial charge in [-0.25, -0.2) is 4.98 Å². The molecule has 0 unspecified atom stereocenters. The number of hydrogen-bond acceptors (Lipinski definition) is 4. The van der Waals surface area contributed by atoms with Gasteiger partial charge in [0.05, 0.1) is 15.9 Å². The van der Waals surface area contributed by atoms with Crippen LogP contribution in [-0.4, -0.2) is 4.98 Å². The molecule has 0 spiro atoms. The van der Waals surface area contributed by atoms with E-state index >= 15 is 0 Å². The lowest BCUT2D eigenvalue weighted by atomic mass is 9.95. The van der Waals surface area contributed by atoms with Gasteiger partial charge in [0.2, 0.25) is 0 Å². The molecule has 2 heterocycles. The van der Waals surface area contributed by atoms with Gasteiger partial charge < -0.3 is 4.90 Å². The molecule has 0 fully saturated rings. The van der Waals surface area contributed by atoms with Gasteiger partial charge in [0.25, 0.3) is 0 Å². The second-order valence-corrected chi connectivity index (χ2v) is 18.0. The Hall–Kier alpha value is -7.63. The fourth-order valence-corrected chi connectivity index (χ4v) is 11.3. The maximum atomic E-state index is 5.04. The molecular weight excluding hydrogens is 801 g/mol. The summed E-state index contributed by atoms with van der Waals surface area (Å²) in [6.07, 6.45) is 0. The Morgan fingerprint density at radius 2 is 0.889 bits per heavy atom. The Morgan fingerprint density at radius 1 is 0.349 bits per heavy atom. The average molecular weight is 839 g/mol. The first kappa shape index (κ1) is 37.2. The molecule has 2 nitrogen and oxygen atoms in total. The Labute approximate surface area is 374 Å². The van der Waals surface area contributed by atoms with Crippen LogP contribution in [-0.2, 0) is 0 Å². The number of rotatable bonds is 8. The van der Waals surface area contributed by atoms with E-state index in [0.717, 1.165) is 33.1 Å². The van der Waals surface area contributed by atoms with E-state index in [9.17, 15) is 0 Å². The first-order chi connectivity index (χ1) is 31.2. The number of thiazole rings is 1. The fraction of sp³-hybridized carbons (Fsp3) is 0. The maximum absolute atomic E-state index is 5.04. The first-order valence-corrected chi connectivity index (χ1v) is 22.9. The normalized spacial score (nSPS) is 11.5. The zero-order valence-electron chi connectivity index (χ0n) is 34.2. The first-order valence-electron chi connectivity index (χ1n) is 21.3. The molecule has 12 aromatic rings. The number of nitrogens with zero attached hydrogens (tertiary/aromatic N) is 2. The van der Waals surface area contributed by atoms with E-state index in [-0.39, 0.29) is 0 Å². The van der Waals surface area contributed by atoms with Gasteiger partial charge in [-0.3, -0.25) is 0 Å². The molecule has 0 atom stereocenters.